The largest absolute Gasteiger partial charge is 0.394 e. The van der Waals surface area contributed by atoms with Crippen LogP contribution in [-0.4, -0.2) is 69.9 Å². The lowest BCUT2D eigenvalue weighted by Crippen LogP contribution is -2.59. The molecule has 3 fully saturated rings. The summed E-state index contributed by atoms with van der Waals surface area (Å²) in [6.07, 6.45) is 4.80. The van der Waals surface area contributed by atoms with Gasteiger partial charge in [-0.2, -0.15) is 4.98 Å². The number of hydrogen-bond donors (Lipinski definition) is 1. The minimum Gasteiger partial charge on any atom is -0.394 e. The summed E-state index contributed by atoms with van der Waals surface area (Å²) in [5.74, 6) is 3.23. The van der Waals surface area contributed by atoms with Crippen LogP contribution in [0.1, 0.15) is 19.3 Å². The Morgan fingerprint density at radius 3 is 2.41 bits per heavy atom. The van der Waals surface area contributed by atoms with E-state index in [1.165, 1.54) is 5.69 Å². The van der Waals surface area contributed by atoms with Crippen molar-refractivity contribution in [2.24, 2.45) is 11.8 Å². The second-order valence-corrected chi connectivity index (χ2v) is 11.6. The average molecular weight is 474 g/mol. The van der Waals surface area contributed by atoms with Crippen molar-refractivity contribution in [2.45, 2.75) is 29.7 Å². The number of rotatable bonds is 4. The molecular formula is C23H28ClN5O2S. The zero-order valence-corrected chi connectivity index (χ0v) is 19.6. The van der Waals surface area contributed by atoms with E-state index in [1.54, 1.807) is 6.20 Å². The normalized spacial score (nSPS) is 28.4. The first-order valence-electron chi connectivity index (χ1n) is 11.5. The lowest BCUT2D eigenvalue weighted by atomic mass is 9.76. The summed E-state index contributed by atoms with van der Waals surface area (Å²) in [5.41, 5.74) is 0.985. The molecule has 32 heavy (non-hydrogen) atoms. The highest BCUT2D eigenvalue weighted by Gasteiger charge is 2.46. The third kappa shape index (κ3) is 3.30. The molecule has 170 valence electrons. The van der Waals surface area contributed by atoms with E-state index in [-0.39, 0.29) is 12.1 Å². The van der Waals surface area contributed by atoms with Gasteiger partial charge in [0.15, 0.2) is 5.82 Å². The second-order valence-electron chi connectivity index (χ2n) is 9.60. The van der Waals surface area contributed by atoms with Gasteiger partial charge in [0.2, 0.25) is 5.95 Å². The Kier molecular flexibility index (Phi) is 5.08. The van der Waals surface area contributed by atoms with Gasteiger partial charge >= 0.3 is 0 Å². The zero-order valence-electron chi connectivity index (χ0n) is 18.0. The Bertz CT molecular complexity index is 1030. The quantitative estimate of drug-likeness (QED) is 0.731. The number of anilines is 3. The van der Waals surface area contributed by atoms with E-state index in [9.17, 15) is 9.32 Å². The molecule has 3 aliphatic heterocycles. The first kappa shape index (κ1) is 20.7. The van der Waals surface area contributed by atoms with Gasteiger partial charge in [-0.05, 0) is 43.5 Å². The highest BCUT2D eigenvalue weighted by molar-refractivity contribution is 7.85. The number of hydrogen-bond acceptors (Lipinski definition) is 7. The lowest BCUT2D eigenvalue weighted by Gasteiger charge is -2.51. The number of aromatic nitrogens is 2. The molecule has 7 nitrogen and oxygen atoms in total. The summed E-state index contributed by atoms with van der Waals surface area (Å²) >= 11 is 6.05. The van der Waals surface area contributed by atoms with E-state index in [0.29, 0.717) is 29.0 Å². The molecule has 1 aromatic heterocycles. The average Bonchev–Trinajstić information content (AvgIpc) is 3.35. The van der Waals surface area contributed by atoms with Crippen molar-refractivity contribution >= 4 is 39.9 Å². The van der Waals surface area contributed by atoms with Gasteiger partial charge in [0, 0.05) is 61.0 Å². The van der Waals surface area contributed by atoms with Crippen LogP contribution < -0.4 is 14.7 Å². The smallest absolute Gasteiger partial charge is 0.227 e. The molecule has 0 spiro atoms. The Morgan fingerprint density at radius 1 is 1.09 bits per heavy atom. The maximum atomic E-state index is 12.7. The molecule has 6 rings (SSSR count). The predicted molar refractivity (Wildman–Crippen MR) is 127 cm³/mol. The Hall–Kier alpha value is -1.90. The summed E-state index contributed by atoms with van der Waals surface area (Å²) in [4.78, 5) is 17.2. The summed E-state index contributed by atoms with van der Waals surface area (Å²) in [6.45, 7) is 4.71. The van der Waals surface area contributed by atoms with Crippen molar-refractivity contribution in [3.05, 3.63) is 35.5 Å². The fourth-order valence-corrected chi connectivity index (χ4v) is 7.05. The second kappa shape index (κ2) is 7.85. The van der Waals surface area contributed by atoms with Crippen molar-refractivity contribution in [1.82, 2.24) is 9.97 Å². The Balaban J connectivity index is 1.22. The van der Waals surface area contributed by atoms with Crippen molar-refractivity contribution in [2.75, 3.05) is 59.8 Å². The van der Waals surface area contributed by atoms with Gasteiger partial charge in [-0.25, -0.2) is 4.98 Å². The van der Waals surface area contributed by atoms with E-state index in [0.717, 1.165) is 62.2 Å². The van der Waals surface area contributed by atoms with E-state index >= 15 is 0 Å². The summed E-state index contributed by atoms with van der Waals surface area (Å²) in [7, 11) is -1.08. The molecule has 1 N–H and O–H groups in total. The van der Waals surface area contributed by atoms with Gasteiger partial charge in [0.05, 0.1) is 34.0 Å². The molecule has 2 aromatic rings. The molecule has 1 aliphatic carbocycles. The third-order valence-corrected chi connectivity index (χ3v) is 9.42. The minimum atomic E-state index is -1.08. The van der Waals surface area contributed by atoms with Gasteiger partial charge in [0.25, 0.3) is 0 Å². The molecule has 3 unspecified atom stereocenters. The highest BCUT2D eigenvalue weighted by Crippen LogP contribution is 2.43. The number of fused-ring (bicyclic) bond motifs is 2. The molecule has 2 saturated heterocycles. The van der Waals surface area contributed by atoms with Crippen LogP contribution in [-0.2, 0) is 10.8 Å². The zero-order chi connectivity index (χ0) is 21.9. The fourth-order valence-electron chi connectivity index (χ4n) is 5.83. The van der Waals surface area contributed by atoms with Gasteiger partial charge in [-0.3, -0.25) is 4.21 Å². The Morgan fingerprint density at radius 2 is 1.78 bits per heavy atom. The minimum absolute atomic E-state index is 0.118. The molecule has 0 amide bonds. The van der Waals surface area contributed by atoms with Crippen LogP contribution >= 0.6 is 11.6 Å². The lowest BCUT2D eigenvalue weighted by molar-refractivity contribution is 0.115. The molecule has 1 saturated carbocycles. The van der Waals surface area contributed by atoms with E-state index in [2.05, 4.69) is 31.8 Å². The molecule has 3 atom stereocenters. The molecule has 0 radical (unpaired) electrons. The van der Waals surface area contributed by atoms with Crippen molar-refractivity contribution in [3.63, 3.8) is 0 Å². The SMILES string of the molecule is O=S1CCN(C2(CO)CCC2)c2nc(N3CC4CN(c5ccc(Cl)cc5)CC4C3)ncc21. The first-order chi connectivity index (χ1) is 15.6. The molecule has 9 heteroatoms. The molecule has 1 aromatic carbocycles. The van der Waals surface area contributed by atoms with Crippen molar-refractivity contribution in [3.8, 4) is 0 Å². The van der Waals surface area contributed by atoms with E-state index < -0.39 is 10.8 Å². The van der Waals surface area contributed by atoms with Crippen LogP contribution in [0.3, 0.4) is 0 Å². The summed E-state index contributed by atoms with van der Waals surface area (Å²) in [6, 6.07) is 8.10. The molecule has 4 heterocycles. The van der Waals surface area contributed by atoms with Crippen LogP contribution in [0.25, 0.3) is 0 Å². The monoisotopic (exact) mass is 473 g/mol. The number of aliphatic hydroxyl groups excluding tert-OH is 1. The first-order valence-corrected chi connectivity index (χ1v) is 13.2. The van der Waals surface area contributed by atoms with Crippen LogP contribution in [0.5, 0.6) is 0 Å². The summed E-state index contributed by atoms with van der Waals surface area (Å²) in [5, 5.41) is 10.9. The number of halogens is 1. The number of aliphatic hydroxyl groups is 1. The Labute approximate surface area is 195 Å². The van der Waals surface area contributed by atoms with E-state index in [1.807, 2.05) is 12.1 Å². The predicted octanol–water partition coefficient (Wildman–Crippen LogP) is 2.55. The van der Waals surface area contributed by atoms with Gasteiger partial charge in [-0.1, -0.05) is 11.6 Å². The van der Waals surface area contributed by atoms with Gasteiger partial charge in [0.1, 0.15) is 0 Å². The van der Waals surface area contributed by atoms with Crippen LogP contribution in [0.15, 0.2) is 35.4 Å². The standard InChI is InChI=1S/C23H28ClN5O2S/c24-18-2-4-19(5-3-18)27-11-16-13-28(14-17(16)12-27)22-25-10-20-21(26-22)29(8-9-32(20)31)23(15-30)6-1-7-23/h2-5,10,16-17,30H,1,6-9,11-15H2. The van der Waals surface area contributed by atoms with Crippen molar-refractivity contribution in [1.29, 1.82) is 0 Å². The van der Waals surface area contributed by atoms with Gasteiger partial charge in [-0.15, -0.1) is 0 Å². The van der Waals surface area contributed by atoms with Crippen LogP contribution in [0.4, 0.5) is 17.5 Å². The molecule has 4 aliphatic rings. The van der Waals surface area contributed by atoms with Crippen LogP contribution in [0.2, 0.25) is 5.02 Å². The van der Waals surface area contributed by atoms with Crippen LogP contribution in [0, 0.1) is 11.8 Å². The van der Waals surface area contributed by atoms with Gasteiger partial charge < -0.3 is 19.8 Å². The highest BCUT2D eigenvalue weighted by atomic mass is 35.5. The molecule has 0 bridgehead atoms. The fraction of sp³-hybridized carbons (Fsp3) is 0.565. The molecular weight excluding hydrogens is 446 g/mol. The topological polar surface area (TPSA) is 72.8 Å². The third-order valence-electron chi connectivity index (χ3n) is 7.84. The number of nitrogens with zero attached hydrogens (tertiary/aromatic N) is 5. The maximum absolute atomic E-state index is 12.7. The van der Waals surface area contributed by atoms with Crippen molar-refractivity contribution < 1.29 is 9.32 Å². The maximum Gasteiger partial charge on any atom is 0.227 e. The number of benzene rings is 1. The van der Waals surface area contributed by atoms with E-state index in [4.69, 9.17) is 16.6 Å². The summed E-state index contributed by atoms with van der Waals surface area (Å²) < 4.78 is 12.7.